The summed E-state index contributed by atoms with van der Waals surface area (Å²) >= 11 is 0. The van der Waals surface area contributed by atoms with Crippen LogP contribution in [0.25, 0.3) is 0 Å². The van der Waals surface area contributed by atoms with Crippen molar-refractivity contribution in [3.63, 3.8) is 0 Å². The van der Waals surface area contributed by atoms with Crippen molar-refractivity contribution in [3.8, 4) is 0 Å². The van der Waals surface area contributed by atoms with Crippen molar-refractivity contribution >= 4 is 11.7 Å². The van der Waals surface area contributed by atoms with Crippen LogP contribution in [0.1, 0.15) is 37.9 Å². The van der Waals surface area contributed by atoms with E-state index in [1.54, 1.807) is 36.4 Å². The van der Waals surface area contributed by atoms with Gasteiger partial charge in [0.15, 0.2) is 5.78 Å². The third-order valence-electron chi connectivity index (χ3n) is 4.84. The lowest BCUT2D eigenvalue weighted by Crippen LogP contribution is -2.35. The lowest BCUT2D eigenvalue weighted by molar-refractivity contribution is 0.0931. The predicted molar refractivity (Wildman–Crippen MR) is 111 cm³/mol. The third kappa shape index (κ3) is 4.96. The summed E-state index contributed by atoms with van der Waals surface area (Å²) in [6.45, 7) is 0.231. The molecule has 0 heterocycles. The summed E-state index contributed by atoms with van der Waals surface area (Å²) in [5.74, 6) is -1.56. The van der Waals surface area contributed by atoms with Crippen molar-refractivity contribution in [3.05, 3.63) is 107 Å². The second kappa shape index (κ2) is 9.41. The van der Waals surface area contributed by atoms with Crippen LogP contribution < -0.4 is 5.32 Å². The molecule has 0 aromatic heterocycles. The second-order valence-electron chi connectivity index (χ2n) is 7.13. The molecular formula is C24H22F2N2O2. The van der Waals surface area contributed by atoms with Gasteiger partial charge in [-0.1, -0.05) is 30.3 Å². The van der Waals surface area contributed by atoms with Crippen molar-refractivity contribution in [2.45, 2.75) is 6.04 Å². The number of ketones is 1. The SMILES string of the molecule is CN(C)C(CNC(=O)c1ccccc1C(=O)c1ccc(F)cc1)c1cccc(F)c1. The summed E-state index contributed by atoms with van der Waals surface area (Å²) in [5.41, 5.74) is 1.48. The highest BCUT2D eigenvalue weighted by Gasteiger charge is 2.20. The Bertz CT molecular complexity index is 1050. The molecule has 6 heteroatoms. The van der Waals surface area contributed by atoms with Crippen LogP contribution in [0, 0.1) is 11.6 Å². The van der Waals surface area contributed by atoms with Gasteiger partial charge in [0, 0.05) is 17.7 Å². The van der Waals surface area contributed by atoms with Gasteiger partial charge in [0.05, 0.1) is 11.6 Å². The highest BCUT2D eigenvalue weighted by molar-refractivity contribution is 6.15. The maximum Gasteiger partial charge on any atom is 0.252 e. The second-order valence-corrected chi connectivity index (χ2v) is 7.13. The lowest BCUT2D eigenvalue weighted by atomic mass is 9.97. The monoisotopic (exact) mass is 408 g/mol. The van der Waals surface area contributed by atoms with Crippen LogP contribution >= 0.6 is 0 Å². The number of carbonyl (C=O) groups is 2. The van der Waals surface area contributed by atoms with Crippen molar-refractivity contribution in [2.24, 2.45) is 0 Å². The van der Waals surface area contributed by atoms with E-state index in [9.17, 15) is 18.4 Å². The number of hydrogen-bond donors (Lipinski definition) is 1. The van der Waals surface area contributed by atoms with Crippen LogP contribution in [0.2, 0.25) is 0 Å². The van der Waals surface area contributed by atoms with E-state index in [2.05, 4.69) is 5.32 Å². The Hall–Kier alpha value is -3.38. The van der Waals surface area contributed by atoms with E-state index in [1.165, 1.54) is 36.4 Å². The van der Waals surface area contributed by atoms with Gasteiger partial charge < -0.3 is 10.2 Å². The molecule has 0 saturated heterocycles. The van der Waals surface area contributed by atoms with Gasteiger partial charge in [0.25, 0.3) is 5.91 Å². The Kier molecular flexibility index (Phi) is 6.69. The summed E-state index contributed by atoms with van der Waals surface area (Å²) in [4.78, 5) is 27.6. The smallest absolute Gasteiger partial charge is 0.252 e. The third-order valence-corrected chi connectivity index (χ3v) is 4.84. The molecule has 1 N–H and O–H groups in total. The molecule has 0 radical (unpaired) electrons. The number of halogens is 2. The largest absolute Gasteiger partial charge is 0.350 e. The van der Waals surface area contributed by atoms with E-state index < -0.39 is 11.7 Å². The van der Waals surface area contributed by atoms with Gasteiger partial charge in [0.2, 0.25) is 0 Å². The average Bonchev–Trinajstić information content (AvgIpc) is 2.73. The molecule has 0 aliphatic rings. The quantitative estimate of drug-likeness (QED) is 0.596. The summed E-state index contributed by atoms with van der Waals surface area (Å²) < 4.78 is 26.8. The van der Waals surface area contributed by atoms with E-state index in [4.69, 9.17) is 0 Å². The number of hydrogen-bond acceptors (Lipinski definition) is 3. The van der Waals surface area contributed by atoms with Crippen LogP contribution in [0.4, 0.5) is 8.78 Å². The molecule has 0 saturated carbocycles. The Balaban J connectivity index is 1.80. The standard InChI is InChI=1S/C24H22F2N2O2/c1-28(2)22(17-6-5-7-19(26)14-17)15-27-24(30)21-9-4-3-8-20(21)23(29)16-10-12-18(25)13-11-16/h3-14,22H,15H2,1-2H3,(H,27,30). The van der Waals surface area contributed by atoms with Crippen LogP contribution in [-0.4, -0.2) is 37.2 Å². The molecule has 3 aromatic rings. The van der Waals surface area contributed by atoms with Crippen molar-refractivity contribution < 1.29 is 18.4 Å². The Morgan fingerprint density at radius 1 is 0.867 bits per heavy atom. The molecule has 0 aliphatic heterocycles. The minimum Gasteiger partial charge on any atom is -0.350 e. The predicted octanol–water partition coefficient (Wildman–Crippen LogP) is 4.23. The number of likely N-dealkylation sites (N-methyl/N-ethyl adjacent to an activating group) is 1. The number of nitrogens with zero attached hydrogens (tertiary/aromatic N) is 1. The first kappa shape index (κ1) is 21.3. The Morgan fingerprint density at radius 3 is 2.17 bits per heavy atom. The van der Waals surface area contributed by atoms with Gasteiger partial charge in [0.1, 0.15) is 11.6 Å². The highest BCUT2D eigenvalue weighted by atomic mass is 19.1. The van der Waals surface area contributed by atoms with E-state index in [-0.39, 0.29) is 35.3 Å². The zero-order chi connectivity index (χ0) is 21.7. The Morgan fingerprint density at radius 2 is 1.53 bits per heavy atom. The summed E-state index contributed by atoms with van der Waals surface area (Å²) in [6, 6.07) is 17.6. The summed E-state index contributed by atoms with van der Waals surface area (Å²) in [7, 11) is 3.68. The molecule has 1 amide bonds. The average molecular weight is 408 g/mol. The molecular weight excluding hydrogens is 386 g/mol. The van der Waals surface area contributed by atoms with E-state index in [1.807, 2.05) is 19.0 Å². The number of rotatable bonds is 7. The molecule has 3 rings (SSSR count). The molecule has 4 nitrogen and oxygen atoms in total. The fraction of sp³-hybridized carbons (Fsp3) is 0.167. The van der Waals surface area contributed by atoms with Crippen LogP contribution in [0.5, 0.6) is 0 Å². The molecule has 0 bridgehead atoms. The maximum atomic E-state index is 13.6. The Labute approximate surface area is 174 Å². The first-order valence-electron chi connectivity index (χ1n) is 9.46. The van der Waals surface area contributed by atoms with E-state index >= 15 is 0 Å². The van der Waals surface area contributed by atoms with Crippen molar-refractivity contribution in [1.29, 1.82) is 0 Å². The molecule has 0 spiro atoms. The number of carbonyl (C=O) groups excluding carboxylic acids is 2. The van der Waals surface area contributed by atoms with Gasteiger partial charge in [-0.05, 0) is 62.1 Å². The van der Waals surface area contributed by atoms with Crippen LogP contribution in [-0.2, 0) is 0 Å². The minimum atomic E-state index is -0.440. The zero-order valence-corrected chi connectivity index (χ0v) is 16.7. The number of amides is 1. The molecule has 30 heavy (non-hydrogen) atoms. The van der Waals surface area contributed by atoms with Crippen molar-refractivity contribution in [2.75, 3.05) is 20.6 Å². The number of benzene rings is 3. The van der Waals surface area contributed by atoms with Gasteiger partial charge in [-0.2, -0.15) is 0 Å². The minimum absolute atomic E-state index is 0.226. The van der Waals surface area contributed by atoms with Crippen LogP contribution in [0.15, 0.2) is 72.8 Å². The molecule has 154 valence electrons. The van der Waals surface area contributed by atoms with Gasteiger partial charge in [-0.3, -0.25) is 9.59 Å². The maximum absolute atomic E-state index is 13.6. The molecule has 3 aromatic carbocycles. The molecule has 0 fully saturated rings. The van der Waals surface area contributed by atoms with Crippen LogP contribution in [0.3, 0.4) is 0 Å². The van der Waals surface area contributed by atoms with Gasteiger partial charge in [-0.15, -0.1) is 0 Å². The van der Waals surface area contributed by atoms with Gasteiger partial charge in [-0.25, -0.2) is 8.78 Å². The number of nitrogens with one attached hydrogen (secondary N) is 1. The van der Waals surface area contributed by atoms with Crippen molar-refractivity contribution in [1.82, 2.24) is 10.2 Å². The lowest BCUT2D eigenvalue weighted by Gasteiger charge is -2.25. The highest BCUT2D eigenvalue weighted by Crippen LogP contribution is 2.19. The molecule has 1 atom stereocenters. The fourth-order valence-corrected chi connectivity index (χ4v) is 3.23. The summed E-state index contributed by atoms with van der Waals surface area (Å²) in [6.07, 6.45) is 0. The molecule has 0 aliphatic carbocycles. The first-order chi connectivity index (χ1) is 14.4. The topological polar surface area (TPSA) is 49.4 Å². The molecule has 1 unspecified atom stereocenters. The van der Waals surface area contributed by atoms with E-state index in [0.29, 0.717) is 5.56 Å². The first-order valence-corrected chi connectivity index (χ1v) is 9.46. The normalized spacial score (nSPS) is 11.9. The zero-order valence-electron chi connectivity index (χ0n) is 16.7. The van der Waals surface area contributed by atoms with E-state index in [0.717, 1.165) is 5.56 Å². The fourth-order valence-electron chi connectivity index (χ4n) is 3.23. The van der Waals surface area contributed by atoms with Gasteiger partial charge >= 0.3 is 0 Å². The summed E-state index contributed by atoms with van der Waals surface area (Å²) in [5, 5.41) is 2.84.